The van der Waals surface area contributed by atoms with Crippen LogP contribution in [0.3, 0.4) is 0 Å². The van der Waals surface area contributed by atoms with E-state index in [2.05, 4.69) is 11.8 Å². The predicted molar refractivity (Wildman–Crippen MR) is 72.1 cm³/mol. The molecule has 0 aliphatic carbocycles. The van der Waals surface area contributed by atoms with Crippen LogP contribution < -0.4 is 0 Å². The molecule has 100 valence electrons. The molecule has 0 amide bonds. The van der Waals surface area contributed by atoms with Crippen molar-refractivity contribution in [3.05, 3.63) is 29.8 Å². The number of piperazine rings is 1. The van der Waals surface area contributed by atoms with E-state index in [0.29, 0.717) is 18.0 Å². The zero-order valence-electron chi connectivity index (χ0n) is 11.0. The second-order valence-corrected chi connectivity index (χ2v) is 6.59. The fraction of sp³-hybridized carbons (Fsp3) is 0.538. The monoisotopic (exact) mass is 268 g/mol. The minimum atomic E-state index is -3.30. The van der Waals surface area contributed by atoms with Crippen molar-refractivity contribution in [1.82, 2.24) is 9.21 Å². The van der Waals surface area contributed by atoms with Crippen LogP contribution in [0.1, 0.15) is 12.5 Å². The molecule has 0 bridgehead atoms. The second-order valence-electron chi connectivity index (χ2n) is 4.65. The van der Waals surface area contributed by atoms with Crippen molar-refractivity contribution in [1.29, 1.82) is 0 Å². The van der Waals surface area contributed by atoms with E-state index in [1.165, 1.54) is 0 Å². The molecule has 1 aliphatic heterocycles. The number of hydrogen-bond acceptors (Lipinski definition) is 3. The molecular weight excluding hydrogens is 248 g/mol. The number of rotatable bonds is 3. The first-order chi connectivity index (χ1) is 8.54. The van der Waals surface area contributed by atoms with E-state index in [1.807, 2.05) is 19.1 Å². The molecule has 18 heavy (non-hydrogen) atoms. The first-order valence-electron chi connectivity index (χ1n) is 6.33. The van der Waals surface area contributed by atoms with Crippen molar-refractivity contribution in [2.45, 2.75) is 18.7 Å². The molecule has 0 spiro atoms. The largest absolute Gasteiger partial charge is 0.301 e. The summed E-state index contributed by atoms with van der Waals surface area (Å²) >= 11 is 0. The van der Waals surface area contributed by atoms with E-state index >= 15 is 0 Å². The van der Waals surface area contributed by atoms with Gasteiger partial charge in [-0.25, -0.2) is 8.42 Å². The first-order valence-corrected chi connectivity index (χ1v) is 7.77. The van der Waals surface area contributed by atoms with Gasteiger partial charge in [-0.2, -0.15) is 4.31 Å². The van der Waals surface area contributed by atoms with Crippen LogP contribution in [0.4, 0.5) is 0 Å². The highest BCUT2D eigenvalue weighted by atomic mass is 32.2. The van der Waals surface area contributed by atoms with Crippen LogP contribution in [0.5, 0.6) is 0 Å². The van der Waals surface area contributed by atoms with Gasteiger partial charge in [-0.15, -0.1) is 0 Å². The van der Waals surface area contributed by atoms with Gasteiger partial charge in [0.05, 0.1) is 4.90 Å². The lowest BCUT2D eigenvalue weighted by atomic mass is 10.2. The van der Waals surface area contributed by atoms with E-state index in [4.69, 9.17) is 0 Å². The van der Waals surface area contributed by atoms with Crippen molar-refractivity contribution in [2.24, 2.45) is 0 Å². The Balaban J connectivity index is 2.15. The number of benzene rings is 1. The van der Waals surface area contributed by atoms with E-state index in [0.717, 1.165) is 25.2 Å². The lowest BCUT2D eigenvalue weighted by Crippen LogP contribution is -2.48. The number of nitrogens with zero attached hydrogens (tertiary/aromatic N) is 2. The van der Waals surface area contributed by atoms with E-state index in [9.17, 15) is 8.42 Å². The van der Waals surface area contributed by atoms with Crippen LogP contribution >= 0.6 is 0 Å². The highest BCUT2D eigenvalue weighted by Gasteiger charge is 2.27. The summed E-state index contributed by atoms with van der Waals surface area (Å²) in [6, 6.07) is 7.07. The standard InChI is InChI=1S/C13H20N2O2S/c1-3-14-8-10-15(11-9-14)18(16,17)13-6-4-12(2)5-7-13/h4-7H,3,8-11H2,1-2H3. The highest BCUT2D eigenvalue weighted by Crippen LogP contribution is 2.17. The van der Waals surface area contributed by atoms with Crippen LogP contribution in [0.2, 0.25) is 0 Å². The molecule has 4 nitrogen and oxygen atoms in total. The summed E-state index contributed by atoms with van der Waals surface area (Å²) in [5.74, 6) is 0. The molecule has 1 fully saturated rings. The average molecular weight is 268 g/mol. The van der Waals surface area contributed by atoms with Crippen molar-refractivity contribution in [3.63, 3.8) is 0 Å². The molecule has 0 atom stereocenters. The van der Waals surface area contributed by atoms with E-state index in [1.54, 1.807) is 16.4 Å². The minimum Gasteiger partial charge on any atom is -0.301 e. The molecule has 1 saturated heterocycles. The number of likely N-dealkylation sites (N-methyl/N-ethyl adjacent to an activating group) is 1. The number of hydrogen-bond donors (Lipinski definition) is 0. The highest BCUT2D eigenvalue weighted by molar-refractivity contribution is 7.89. The Morgan fingerprint density at radius 3 is 2.11 bits per heavy atom. The third kappa shape index (κ3) is 2.74. The Morgan fingerprint density at radius 2 is 1.61 bits per heavy atom. The van der Waals surface area contributed by atoms with Gasteiger partial charge in [0.15, 0.2) is 0 Å². The molecule has 1 aromatic carbocycles. The van der Waals surface area contributed by atoms with Crippen LogP contribution in [0.25, 0.3) is 0 Å². The summed E-state index contributed by atoms with van der Waals surface area (Å²) in [7, 11) is -3.30. The fourth-order valence-corrected chi connectivity index (χ4v) is 3.57. The zero-order chi connectivity index (χ0) is 13.2. The minimum absolute atomic E-state index is 0.401. The summed E-state index contributed by atoms with van der Waals surface area (Å²) in [5.41, 5.74) is 1.07. The maximum Gasteiger partial charge on any atom is 0.243 e. The topological polar surface area (TPSA) is 40.6 Å². The molecule has 0 radical (unpaired) electrons. The third-order valence-electron chi connectivity index (χ3n) is 3.44. The van der Waals surface area contributed by atoms with Gasteiger partial charge in [0.25, 0.3) is 0 Å². The summed E-state index contributed by atoms with van der Waals surface area (Å²) in [6.07, 6.45) is 0. The van der Waals surface area contributed by atoms with Crippen LogP contribution in [0.15, 0.2) is 29.2 Å². The molecule has 5 heteroatoms. The summed E-state index contributed by atoms with van der Waals surface area (Å²) in [5, 5.41) is 0. The number of sulfonamides is 1. The molecule has 0 N–H and O–H groups in total. The molecule has 1 heterocycles. The molecule has 0 unspecified atom stereocenters. The number of aryl methyl sites for hydroxylation is 1. The summed E-state index contributed by atoms with van der Waals surface area (Å²) in [4.78, 5) is 2.67. The normalized spacial score (nSPS) is 19.0. The zero-order valence-corrected chi connectivity index (χ0v) is 11.8. The van der Waals surface area contributed by atoms with Gasteiger partial charge >= 0.3 is 0 Å². The first kappa shape index (κ1) is 13.5. The van der Waals surface area contributed by atoms with E-state index < -0.39 is 10.0 Å². The second kappa shape index (κ2) is 5.38. The molecule has 0 aromatic heterocycles. The Morgan fingerprint density at radius 1 is 1.06 bits per heavy atom. The molecular formula is C13H20N2O2S. The average Bonchev–Trinajstić information content (AvgIpc) is 2.39. The molecule has 1 aromatic rings. The van der Waals surface area contributed by atoms with Crippen molar-refractivity contribution in [3.8, 4) is 0 Å². The lowest BCUT2D eigenvalue weighted by Gasteiger charge is -2.33. The maximum absolute atomic E-state index is 12.4. The predicted octanol–water partition coefficient (Wildman–Crippen LogP) is 1.32. The van der Waals surface area contributed by atoms with Crippen molar-refractivity contribution < 1.29 is 8.42 Å². The van der Waals surface area contributed by atoms with Crippen molar-refractivity contribution in [2.75, 3.05) is 32.7 Å². The molecule has 1 aliphatic rings. The van der Waals surface area contributed by atoms with Gasteiger partial charge in [-0.3, -0.25) is 0 Å². The molecule has 2 rings (SSSR count). The van der Waals surface area contributed by atoms with Crippen LogP contribution in [0, 0.1) is 6.92 Å². The van der Waals surface area contributed by atoms with Gasteiger partial charge in [-0.1, -0.05) is 24.6 Å². The Kier molecular flexibility index (Phi) is 4.04. The van der Waals surface area contributed by atoms with Crippen LogP contribution in [-0.4, -0.2) is 50.3 Å². The quantitative estimate of drug-likeness (QED) is 0.830. The smallest absolute Gasteiger partial charge is 0.243 e. The SMILES string of the molecule is CCN1CCN(S(=O)(=O)c2ccc(C)cc2)CC1. The van der Waals surface area contributed by atoms with Gasteiger partial charge in [-0.05, 0) is 25.6 Å². The van der Waals surface area contributed by atoms with Gasteiger partial charge in [0, 0.05) is 26.2 Å². The molecule has 0 saturated carbocycles. The summed E-state index contributed by atoms with van der Waals surface area (Å²) < 4.78 is 26.4. The fourth-order valence-electron chi connectivity index (χ4n) is 2.15. The Labute approximate surface area is 109 Å². The maximum atomic E-state index is 12.4. The van der Waals surface area contributed by atoms with Gasteiger partial charge in [0.2, 0.25) is 10.0 Å². The van der Waals surface area contributed by atoms with Crippen LogP contribution in [-0.2, 0) is 10.0 Å². The Bertz CT molecular complexity index is 488. The lowest BCUT2D eigenvalue weighted by molar-refractivity contribution is 0.196. The van der Waals surface area contributed by atoms with Gasteiger partial charge < -0.3 is 4.90 Å². The van der Waals surface area contributed by atoms with E-state index in [-0.39, 0.29) is 0 Å². The van der Waals surface area contributed by atoms with Gasteiger partial charge in [0.1, 0.15) is 0 Å². The summed E-state index contributed by atoms with van der Waals surface area (Å²) in [6.45, 7) is 7.86. The third-order valence-corrected chi connectivity index (χ3v) is 5.35. The van der Waals surface area contributed by atoms with Crippen molar-refractivity contribution >= 4 is 10.0 Å². The Hall–Kier alpha value is -0.910.